The van der Waals surface area contributed by atoms with Gasteiger partial charge in [-0.15, -0.1) is 0 Å². The first-order valence-corrected chi connectivity index (χ1v) is 30.3. The highest BCUT2D eigenvalue weighted by Gasteiger charge is 2.44. The van der Waals surface area contributed by atoms with E-state index in [1.54, 1.807) is 6.08 Å². The van der Waals surface area contributed by atoms with Crippen LogP contribution in [0.4, 0.5) is 0 Å². The molecule has 1 aliphatic rings. The maximum atomic E-state index is 13.1. The van der Waals surface area contributed by atoms with Crippen molar-refractivity contribution < 1.29 is 44.9 Å². The van der Waals surface area contributed by atoms with Gasteiger partial charge >= 0.3 is 0 Å². The third-order valence-corrected chi connectivity index (χ3v) is 14.6. The summed E-state index contributed by atoms with van der Waals surface area (Å²) >= 11 is 0. The highest BCUT2D eigenvalue weighted by Crippen LogP contribution is 2.23. The van der Waals surface area contributed by atoms with E-state index in [1.807, 2.05) is 6.08 Å². The van der Waals surface area contributed by atoms with Gasteiger partial charge in [-0.25, -0.2) is 0 Å². The number of nitrogens with one attached hydrogen (secondary N) is 1. The Kier molecular flexibility index (Phi) is 48.0. The van der Waals surface area contributed by atoms with Crippen molar-refractivity contribution in [3.8, 4) is 0 Å². The van der Waals surface area contributed by atoms with Crippen molar-refractivity contribution in [1.29, 1.82) is 0 Å². The minimum atomic E-state index is -1.62. The lowest BCUT2D eigenvalue weighted by atomic mass is 9.99. The maximum absolute atomic E-state index is 13.1. The van der Waals surface area contributed by atoms with Crippen LogP contribution in [-0.2, 0) is 14.3 Å². The van der Waals surface area contributed by atoms with E-state index in [-0.39, 0.29) is 6.61 Å². The Balaban J connectivity index is 2.20. The number of allylic oxidation sites excluding steroid dienone is 5. The van der Waals surface area contributed by atoms with Crippen molar-refractivity contribution in [2.75, 3.05) is 13.2 Å². The Labute approximate surface area is 436 Å². The van der Waals surface area contributed by atoms with Crippen LogP contribution in [0.15, 0.2) is 36.5 Å². The first kappa shape index (κ1) is 67.4. The predicted octanol–water partition coefficient (Wildman–Crippen LogP) is 14.1. The van der Waals surface area contributed by atoms with Gasteiger partial charge in [-0.3, -0.25) is 4.79 Å². The summed E-state index contributed by atoms with van der Waals surface area (Å²) in [6.45, 7) is 3.61. The van der Waals surface area contributed by atoms with Crippen LogP contribution >= 0.6 is 0 Å². The van der Waals surface area contributed by atoms with Gasteiger partial charge in [0.15, 0.2) is 6.29 Å². The number of amides is 1. The molecule has 0 spiro atoms. The number of rotatable bonds is 52. The molecule has 1 aliphatic heterocycles. The van der Waals surface area contributed by atoms with Gasteiger partial charge in [0.2, 0.25) is 5.91 Å². The molecule has 418 valence electrons. The molecule has 71 heavy (non-hydrogen) atoms. The number of carbonyl (C=O) groups is 1. The van der Waals surface area contributed by atoms with E-state index in [0.717, 1.165) is 44.9 Å². The first-order valence-electron chi connectivity index (χ1n) is 30.3. The fraction of sp³-hybridized carbons (Fsp3) is 0.885. The van der Waals surface area contributed by atoms with Crippen LogP contribution in [0.1, 0.15) is 284 Å². The second-order valence-electron chi connectivity index (χ2n) is 21.3. The lowest BCUT2D eigenvalue weighted by Crippen LogP contribution is -2.60. The molecule has 1 heterocycles. The Morgan fingerprint density at radius 2 is 0.831 bits per heavy atom. The van der Waals surface area contributed by atoms with Gasteiger partial charge in [0, 0.05) is 0 Å². The summed E-state index contributed by atoms with van der Waals surface area (Å²) < 4.78 is 11.2. The third-order valence-electron chi connectivity index (χ3n) is 14.6. The zero-order chi connectivity index (χ0) is 51.7. The van der Waals surface area contributed by atoms with Crippen LogP contribution < -0.4 is 5.32 Å². The van der Waals surface area contributed by atoms with Crippen molar-refractivity contribution in [1.82, 2.24) is 5.32 Å². The SMILES string of the molecule is CCCCCCCC/C=C/CC/C=C/CC/C=C/C(O)C(COC1OC(CO)C(O)C(O)C1O)NC(=O)C(O)CCCCCCCCCCCCCCCCCCCCCCCCCCCCCCCC. The number of aliphatic hydroxyl groups excluding tert-OH is 6. The van der Waals surface area contributed by atoms with Gasteiger partial charge in [0.1, 0.15) is 30.5 Å². The molecule has 1 fully saturated rings. The van der Waals surface area contributed by atoms with E-state index in [9.17, 15) is 35.4 Å². The fourth-order valence-electron chi connectivity index (χ4n) is 9.67. The summed E-state index contributed by atoms with van der Waals surface area (Å²) in [7, 11) is 0. The highest BCUT2D eigenvalue weighted by molar-refractivity contribution is 5.80. The number of hydrogen-bond donors (Lipinski definition) is 7. The van der Waals surface area contributed by atoms with Crippen LogP contribution in [0, 0.1) is 0 Å². The van der Waals surface area contributed by atoms with E-state index < -0.39 is 61.5 Å². The van der Waals surface area contributed by atoms with Crippen LogP contribution in [0.2, 0.25) is 0 Å². The summed E-state index contributed by atoms with van der Waals surface area (Å²) in [5.41, 5.74) is 0. The Hall–Kier alpha value is -1.63. The summed E-state index contributed by atoms with van der Waals surface area (Å²) in [6, 6.07) is -1.00. The van der Waals surface area contributed by atoms with Gasteiger partial charge in [0.05, 0.1) is 25.4 Å². The molecular weight excluding hydrogens is 891 g/mol. The van der Waals surface area contributed by atoms with Crippen molar-refractivity contribution in [3.05, 3.63) is 36.5 Å². The molecule has 10 heteroatoms. The van der Waals surface area contributed by atoms with E-state index in [4.69, 9.17) is 9.47 Å². The quantitative estimate of drug-likeness (QED) is 0.0232. The molecule has 0 aromatic heterocycles. The minimum Gasteiger partial charge on any atom is -0.394 e. The molecule has 0 aromatic rings. The van der Waals surface area contributed by atoms with Gasteiger partial charge < -0.3 is 45.4 Å². The maximum Gasteiger partial charge on any atom is 0.249 e. The summed E-state index contributed by atoms with van der Waals surface area (Å²) in [5, 5.41) is 65.0. The van der Waals surface area contributed by atoms with Crippen molar-refractivity contribution in [3.63, 3.8) is 0 Å². The van der Waals surface area contributed by atoms with E-state index in [1.165, 1.54) is 205 Å². The number of ether oxygens (including phenoxy) is 2. The molecule has 1 saturated heterocycles. The number of aliphatic hydroxyl groups is 6. The monoisotopic (exact) mass is 1010 g/mol. The van der Waals surface area contributed by atoms with Gasteiger partial charge in [-0.2, -0.15) is 0 Å². The number of unbranched alkanes of at least 4 members (excludes halogenated alkanes) is 37. The standard InChI is InChI=1S/C61H115NO9/c1-3-5-7-9-11-13-15-17-19-21-22-23-24-25-26-27-28-29-30-31-32-33-34-36-38-40-42-44-46-48-50-55(65)60(69)62-53(52-70-61-59(68)58(67)57(66)56(51-63)71-61)54(64)49-47-45-43-41-39-37-35-20-18-16-14-12-10-8-6-4-2/h18,20,39,41,47,49,53-59,61,63-68H,3-17,19,21-38,40,42-46,48,50-52H2,1-2H3,(H,62,69)/b20-18+,41-39+,49-47+. The topological polar surface area (TPSA) is 169 Å². The average Bonchev–Trinajstić information content (AvgIpc) is 3.37. The summed E-state index contributed by atoms with van der Waals surface area (Å²) in [5.74, 6) is -0.626. The van der Waals surface area contributed by atoms with Crippen LogP contribution in [0.3, 0.4) is 0 Å². The fourth-order valence-corrected chi connectivity index (χ4v) is 9.67. The lowest BCUT2D eigenvalue weighted by Gasteiger charge is -2.40. The normalized spacial score (nSPS) is 19.9. The van der Waals surface area contributed by atoms with Crippen molar-refractivity contribution >= 4 is 5.91 Å². The van der Waals surface area contributed by atoms with E-state index in [0.29, 0.717) is 19.3 Å². The van der Waals surface area contributed by atoms with E-state index >= 15 is 0 Å². The molecule has 0 radical (unpaired) electrons. The zero-order valence-corrected chi connectivity index (χ0v) is 46.1. The molecule has 0 aliphatic carbocycles. The Bertz CT molecular complexity index is 1230. The van der Waals surface area contributed by atoms with Crippen LogP contribution in [0.5, 0.6) is 0 Å². The van der Waals surface area contributed by atoms with Crippen molar-refractivity contribution in [2.24, 2.45) is 0 Å². The van der Waals surface area contributed by atoms with Crippen LogP contribution in [0.25, 0.3) is 0 Å². The second-order valence-corrected chi connectivity index (χ2v) is 21.3. The average molecular weight is 1010 g/mol. The minimum absolute atomic E-state index is 0.304. The third kappa shape index (κ3) is 39.5. The molecule has 1 rings (SSSR count). The molecule has 8 unspecified atom stereocenters. The number of carbonyl (C=O) groups excluding carboxylic acids is 1. The van der Waals surface area contributed by atoms with Gasteiger partial charge in [-0.1, -0.05) is 275 Å². The molecule has 7 N–H and O–H groups in total. The molecule has 0 saturated carbocycles. The Morgan fingerprint density at radius 1 is 0.479 bits per heavy atom. The van der Waals surface area contributed by atoms with E-state index in [2.05, 4.69) is 43.5 Å². The summed E-state index contributed by atoms with van der Waals surface area (Å²) in [4.78, 5) is 13.1. The molecule has 10 nitrogen and oxygen atoms in total. The largest absolute Gasteiger partial charge is 0.394 e. The molecular formula is C61H115NO9. The van der Waals surface area contributed by atoms with Crippen molar-refractivity contribution in [2.45, 2.75) is 332 Å². The zero-order valence-electron chi connectivity index (χ0n) is 46.1. The Morgan fingerprint density at radius 3 is 1.23 bits per heavy atom. The number of hydrogen-bond acceptors (Lipinski definition) is 9. The molecule has 8 atom stereocenters. The lowest BCUT2D eigenvalue weighted by molar-refractivity contribution is -0.302. The summed E-state index contributed by atoms with van der Waals surface area (Å²) in [6.07, 6.45) is 55.5. The molecule has 1 amide bonds. The van der Waals surface area contributed by atoms with Gasteiger partial charge in [0.25, 0.3) is 0 Å². The molecule has 0 bridgehead atoms. The molecule has 0 aromatic carbocycles. The predicted molar refractivity (Wildman–Crippen MR) is 296 cm³/mol. The highest BCUT2D eigenvalue weighted by atomic mass is 16.7. The van der Waals surface area contributed by atoms with Crippen LogP contribution in [-0.4, -0.2) is 98.7 Å². The first-order chi connectivity index (χ1) is 34.8. The van der Waals surface area contributed by atoms with Gasteiger partial charge in [-0.05, 0) is 44.9 Å². The second kappa shape index (κ2) is 50.5. The smallest absolute Gasteiger partial charge is 0.249 e.